The van der Waals surface area contributed by atoms with Gasteiger partial charge in [-0.25, -0.2) is 9.97 Å². The van der Waals surface area contributed by atoms with E-state index in [4.69, 9.17) is 20.6 Å². The highest BCUT2D eigenvalue weighted by Gasteiger charge is 2.34. The van der Waals surface area contributed by atoms with Crippen molar-refractivity contribution in [3.8, 4) is 17.1 Å². The van der Waals surface area contributed by atoms with Crippen molar-refractivity contribution in [1.82, 2.24) is 15.3 Å². The van der Waals surface area contributed by atoms with Gasteiger partial charge in [0.15, 0.2) is 5.82 Å². The zero-order valence-electron chi connectivity index (χ0n) is 19.2. The average molecular weight is 466 g/mol. The maximum atomic E-state index is 12.3. The van der Waals surface area contributed by atoms with Crippen LogP contribution in [0.15, 0.2) is 36.7 Å². The van der Waals surface area contributed by atoms with E-state index in [1.165, 1.54) is 31.7 Å². The minimum atomic E-state index is -0.370. The fourth-order valence-corrected chi connectivity index (χ4v) is 4.45. The van der Waals surface area contributed by atoms with E-state index >= 15 is 0 Å². The van der Waals surface area contributed by atoms with Crippen molar-refractivity contribution in [2.24, 2.45) is 17.6 Å². The Labute approximate surface area is 199 Å². The Morgan fingerprint density at radius 3 is 2.47 bits per heavy atom. The number of nitrogens with zero attached hydrogens (tertiary/aromatic N) is 2. The number of esters is 1. The summed E-state index contributed by atoms with van der Waals surface area (Å²) >= 11 is 0. The van der Waals surface area contributed by atoms with E-state index in [1.807, 2.05) is 24.3 Å². The first-order valence-corrected chi connectivity index (χ1v) is 11.8. The third-order valence-electron chi connectivity index (χ3n) is 6.43. The van der Waals surface area contributed by atoms with Crippen molar-refractivity contribution in [2.75, 3.05) is 13.2 Å². The van der Waals surface area contributed by atoms with Crippen molar-refractivity contribution in [2.45, 2.75) is 51.0 Å². The van der Waals surface area contributed by atoms with Gasteiger partial charge in [0.1, 0.15) is 18.2 Å². The smallest absolute Gasteiger partial charge is 0.306 e. The molecular formula is C25H31N5O4. The minimum absolute atomic E-state index is 0.0760. The van der Waals surface area contributed by atoms with Crippen molar-refractivity contribution < 1.29 is 19.1 Å². The molecule has 2 fully saturated rings. The molecule has 1 saturated heterocycles. The molecule has 1 aromatic carbocycles. The number of nitrogen functional groups attached to an aromatic ring is 1. The molecule has 4 rings (SSSR count). The van der Waals surface area contributed by atoms with Crippen molar-refractivity contribution in [3.05, 3.63) is 42.2 Å². The van der Waals surface area contributed by atoms with E-state index in [2.05, 4.69) is 15.3 Å². The van der Waals surface area contributed by atoms with Gasteiger partial charge in [-0.3, -0.25) is 15.0 Å². The molecule has 2 aromatic rings. The number of carbonyl (C=O) groups excluding carboxylic acids is 2. The molecule has 0 radical (unpaired) electrons. The summed E-state index contributed by atoms with van der Waals surface area (Å²) < 4.78 is 11.3. The highest BCUT2D eigenvalue weighted by Crippen LogP contribution is 2.25. The predicted octanol–water partition coefficient (Wildman–Crippen LogP) is 2.82. The number of hydrogen-bond acceptors (Lipinski definition) is 7. The maximum Gasteiger partial charge on any atom is 0.306 e. The van der Waals surface area contributed by atoms with Crippen LogP contribution in [0.4, 0.5) is 0 Å². The number of carbonyl (C=O) groups is 2. The SMILES string of the molecule is N=C(N)c1cnc(-c2ccc(OC[C@@H]3C[C@@H](CC(=O)OCC4CCCCC4)C(=O)N3)cc2)nc1. The molecule has 2 atom stereocenters. The van der Waals surface area contributed by atoms with E-state index in [-0.39, 0.29) is 36.1 Å². The molecule has 0 spiro atoms. The molecular weight excluding hydrogens is 434 g/mol. The van der Waals surface area contributed by atoms with Gasteiger partial charge in [-0.05, 0) is 49.4 Å². The van der Waals surface area contributed by atoms with E-state index < -0.39 is 0 Å². The topological polar surface area (TPSA) is 140 Å². The lowest BCUT2D eigenvalue weighted by Crippen LogP contribution is -2.31. The third-order valence-corrected chi connectivity index (χ3v) is 6.43. The zero-order valence-corrected chi connectivity index (χ0v) is 19.2. The Balaban J connectivity index is 1.21. The Morgan fingerprint density at radius 2 is 1.79 bits per heavy atom. The van der Waals surface area contributed by atoms with Gasteiger partial charge in [0.25, 0.3) is 0 Å². The van der Waals surface area contributed by atoms with E-state index in [9.17, 15) is 9.59 Å². The quantitative estimate of drug-likeness (QED) is 0.294. The van der Waals surface area contributed by atoms with Crippen LogP contribution in [-0.4, -0.2) is 46.9 Å². The molecule has 0 unspecified atom stereocenters. The molecule has 34 heavy (non-hydrogen) atoms. The maximum absolute atomic E-state index is 12.3. The van der Waals surface area contributed by atoms with Crippen LogP contribution in [0.1, 0.15) is 50.5 Å². The Morgan fingerprint density at radius 1 is 1.09 bits per heavy atom. The van der Waals surface area contributed by atoms with E-state index in [0.29, 0.717) is 42.7 Å². The molecule has 2 aliphatic rings. The minimum Gasteiger partial charge on any atom is -0.491 e. The third kappa shape index (κ3) is 6.30. The lowest BCUT2D eigenvalue weighted by Gasteiger charge is -2.21. The van der Waals surface area contributed by atoms with Crippen LogP contribution in [0.5, 0.6) is 5.75 Å². The number of rotatable bonds is 9. The Kier molecular flexibility index (Phi) is 7.72. The fraction of sp³-hybridized carbons (Fsp3) is 0.480. The van der Waals surface area contributed by atoms with Gasteiger partial charge in [0.05, 0.1) is 30.6 Å². The number of amides is 1. The van der Waals surface area contributed by atoms with Gasteiger partial charge in [-0.2, -0.15) is 0 Å². The van der Waals surface area contributed by atoms with Gasteiger partial charge in [0, 0.05) is 18.0 Å². The highest BCUT2D eigenvalue weighted by molar-refractivity contribution is 5.94. The zero-order chi connectivity index (χ0) is 23.9. The first-order chi connectivity index (χ1) is 16.5. The molecule has 2 heterocycles. The molecule has 1 aliphatic carbocycles. The summed E-state index contributed by atoms with van der Waals surface area (Å²) in [6.45, 7) is 0.796. The molecule has 4 N–H and O–H groups in total. The standard InChI is InChI=1S/C25H31N5O4/c26-23(27)19-12-28-24(29-13-19)17-6-8-21(9-7-17)33-15-20-10-18(25(32)30-20)11-22(31)34-14-16-4-2-1-3-5-16/h6-9,12-13,16,18,20H,1-5,10-11,14-15H2,(H3,26,27)(H,30,32)/t18-,20-/m0/s1. The number of ether oxygens (including phenoxy) is 2. The van der Waals surface area contributed by atoms with Crippen LogP contribution >= 0.6 is 0 Å². The van der Waals surface area contributed by atoms with Crippen LogP contribution in [0, 0.1) is 17.2 Å². The monoisotopic (exact) mass is 465 g/mol. The van der Waals surface area contributed by atoms with E-state index in [1.54, 1.807) is 0 Å². The Hall–Kier alpha value is -3.49. The first-order valence-electron chi connectivity index (χ1n) is 11.8. The molecule has 0 bridgehead atoms. The summed E-state index contributed by atoms with van der Waals surface area (Å²) in [5.41, 5.74) is 6.71. The molecule has 180 valence electrons. The van der Waals surface area contributed by atoms with Crippen LogP contribution < -0.4 is 15.8 Å². The number of amidine groups is 1. The highest BCUT2D eigenvalue weighted by atomic mass is 16.5. The number of aromatic nitrogens is 2. The van der Waals surface area contributed by atoms with Crippen LogP contribution in [0.25, 0.3) is 11.4 Å². The van der Waals surface area contributed by atoms with Gasteiger partial charge in [0.2, 0.25) is 5.91 Å². The summed E-state index contributed by atoms with van der Waals surface area (Å²) in [7, 11) is 0. The second-order valence-electron chi connectivity index (χ2n) is 9.07. The lowest BCUT2D eigenvalue weighted by atomic mass is 9.90. The second kappa shape index (κ2) is 11.1. The average Bonchev–Trinajstić information content (AvgIpc) is 3.21. The van der Waals surface area contributed by atoms with Crippen molar-refractivity contribution in [3.63, 3.8) is 0 Å². The number of benzene rings is 1. The molecule has 1 aliphatic heterocycles. The van der Waals surface area contributed by atoms with Gasteiger partial charge in [-0.1, -0.05) is 19.3 Å². The molecule has 9 heteroatoms. The molecule has 1 amide bonds. The van der Waals surface area contributed by atoms with Gasteiger partial charge in [-0.15, -0.1) is 0 Å². The Bertz CT molecular complexity index is 1000. The summed E-state index contributed by atoms with van der Waals surface area (Å²) in [4.78, 5) is 33.0. The van der Waals surface area contributed by atoms with Crippen LogP contribution in [-0.2, 0) is 14.3 Å². The van der Waals surface area contributed by atoms with Gasteiger partial charge >= 0.3 is 5.97 Å². The van der Waals surface area contributed by atoms with Gasteiger partial charge < -0.3 is 20.5 Å². The normalized spacial score (nSPS) is 20.5. The summed E-state index contributed by atoms with van der Waals surface area (Å²) in [5, 5.41) is 10.3. The molecule has 1 saturated carbocycles. The predicted molar refractivity (Wildman–Crippen MR) is 126 cm³/mol. The lowest BCUT2D eigenvalue weighted by molar-refractivity contribution is -0.147. The van der Waals surface area contributed by atoms with Crippen LogP contribution in [0.3, 0.4) is 0 Å². The number of nitrogens with two attached hydrogens (primary N) is 1. The molecule has 1 aromatic heterocycles. The van der Waals surface area contributed by atoms with Crippen molar-refractivity contribution in [1.29, 1.82) is 5.41 Å². The summed E-state index contributed by atoms with van der Waals surface area (Å²) in [6.07, 6.45) is 9.62. The largest absolute Gasteiger partial charge is 0.491 e. The second-order valence-corrected chi connectivity index (χ2v) is 9.07. The number of nitrogens with one attached hydrogen (secondary N) is 2. The molecule has 9 nitrogen and oxygen atoms in total. The van der Waals surface area contributed by atoms with Crippen molar-refractivity contribution >= 4 is 17.7 Å². The summed E-state index contributed by atoms with van der Waals surface area (Å²) in [6, 6.07) is 7.17. The summed E-state index contributed by atoms with van der Waals surface area (Å²) in [5.74, 6) is 0.796. The first kappa shape index (κ1) is 23.7. The fourth-order valence-electron chi connectivity index (χ4n) is 4.45. The van der Waals surface area contributed by atoms with E-state index in [0.717, 1.165) is 18.4 Å². The number of hydrogen-bond donors (Lipinski definition) is 3. The van der Waals surface area contributed by atoms with Crippen LogP contribution in [0.2, 0.25) is 0 Å².